The van der Waals surface area contributed by atoms with Crippen LogP contribution in [0.5, 0.6) is 0 Å². The Labute approximate surface area is 125 Å². The van der Waals surface area contributed by atoms with E-state index in [1.807, 2.05) is 0 Å². The quantitative estimate of drug-likeness (QED) is 0.903. The molecule has 21 heavy (non-hydrogen) atoms. The van der Waals surface area contributed by atoms with Gasteiger partial charge in [-0.3, -0.25) is 4.72 Å². The van der Waals surface area contributed by atoms with Gasteiger partial charge in [-0.25, -0.2) is 17.6 Å². The molecular weight excluding hydrogens is 317 g/mol. The van der Waals surface area contributed by atoms with Crippen molar-refractivity contribution in [1.29, 1.82) is 0 Å². The second-order valence-corrected chi connectivity index (χ2v) is 7.58. The van der Waals surface area contributed by atoms with Crippen molar-refractivity contribution in [3.8, 4) is 0 Å². The van der Waals surface area contributed by atoms with Gasteiger partial charge in [0.1, 0.15) is 10.0 Å². The fraction of sp³-hybridized carbons (Fsp3) is 0.154. The fourth-order valence-electron chi connectivity index (χ4n) is 1.60. The van der Waals surface area contributed by atoms with Crippen LogP contribution in [0.1, 0.15) is 20.8 Å². The minimum atomic E-state index is -3.89. The lowest BCUT2D eigenvalue weighted by atomic mass is 10.2. The van der Waals surface area contributed by atoms with Crippen molar-refractivity contribution in [3.63, 3.8) is 0 Å². The van der Waals surface area contributed by atoms with E-state index in [0.29, 0.717) is 0 Å². The largest absolute Gasteiger partial charge is 0.478 e. The smallest absolute Gasteiger partial charge is 0.335 e. The molecule has 5 nitrogen and oxygen atoms in total. The third-order valence-electron chi connectivity index (χ3n) is 2.87. The van der Waals surface area contributed by atoms with E-state index in [1.165, 1.54) is 6.07 Å². The van der Waals surface area contributed by atoms with Crippen LogP contribution in [0.3, 0.4) is 0 Å². The van der Waals surface area contributed by atoms with Crippen LogP contribution in [-0.2, 0) is 10.0 Å². The van der Waals surface area contributed by atoms with Gasteiger partial charge in [0.15, 0.2) is 0 Å². The maximum atomic E-state index is 13.8. The summed E-state index contributed by atoms with van der Waals surface area (Å²) in [5.74, 6) is -2.23. The molecule has 0 bridgehead atoms. The second-order valence-electron chi connectivity index (χ2n) is 4.41. The van der Waals surface area contributed by atoms with E-state index < -0.39 is 21.8 Å². The van der Waals surface area contributed by atoms with Crippen LogP contribution >= 0.6 is 11.3 Å². The number of anilines is 1. The molecular formula is C13H12FNO4S2. The summed E-state index contributed by atoms with van der Waals surface area (Å²) in [6.07, 6.45) is 0. The van der Waals surface area contributed by atoms with Crippen molar-refractivity contribution in [2.45, 2.75) is 18.1 Å². The molecule has 0 atom stereocenters. The minimum absolute atomic E-state index is 0.0826. The standard InChI is InChI=1S/C13H12FNO4S2/c1-7-5-12(20-8(7)2)21(18,19)15-11-4-3-9(13(16)17)6-10(11)14/h3-6,15H,1-2H3,(H,16,17). The third kappa shape index (κ3) is 3.22. The van der Waals surface area contributed by atoms with Crippen molar-refractivity contribution in [2.75, 3.05) is 4.72 Å². The van der Waals surface area contributed by atoms with Gasteiger partial charge < -0.3 is 5.11 Å². The van der Waals surface area contributed by atoms with Crippen LogP contribution in [0.15, 0.2) is 28.5 Å². The van der Waals surface area contributed by atoms with E-state index in [1.54, 1.807) is 13.8 Å². The molecule has 0 fully saturated rings. The maximum absolute atomic E-state index is 13.8. The highest BCUT2D eigenvalue weighted by atomic mass is 32.2. The zero-order valence-electron chi connectivity index (χ0n) is 11.2. The number of carboxylic acids is 1. The van der Waals surface area contributed by atoms with Crippen LogP contribution in [-0.4, -0.2) is 19.5 Å². The second kappa shape index (κ2) is 5.45. The van der Waals surface area contributed by atoms with Crippen molar-refractivity contribution in [3.05, 3.63) is 46.1 Å². The molecule has 0 unspecified atom stereocenters. The van der Waals surface area contributed by atoms with Crippen LogP contribution in [0.2, 0.25) is 0 Å². The molecule has 1 aromatic heterocycles. The Kier molecular flexibility index (Phi) is 4.02. The number of sulfonamides is 1. The van der Waals surface area contributed by atoms with Gasteiger partial charge in [-0.05, 0) is 43.7 Å². The van der Waals surface area contributed by atoms with Gasteiger partial charge in [-0.1, -0.05) is 0 Å². The molecule has 8 heteroatoms. The molecule has 0 aliphatic rings. The van der Waals surface area contributed by atoms with E-state index in [2.05, 4.69) is 4.72 Å². The van der Waals surface area contributed by atoms with Gasteiger partial charge in [0.25, 0.3) is 10.0 Å². The Morgan fingerprint density at radius 2 is 1.95 bits per heavy atom. The Bertz CT molecular complexity index is 792. The molecule has 2 N–H and O–H groups in total. The summed E-state index contributed by atoms with van der Waals surface area (Å²) in [4.78, 5) is 11.6. The molecule has 1 aromatic carbocycles. The lowest BCUT2D eigenvalue weighted by Gasteiger charge is -2.07. The molecule has 2 rings (SSSR count). The van der Waals surface area contributed by atoms with Crippen LogP contribution in [0.4, 0.5) is 10.1 Å². The number of carboxylic acid groups (broad SMARTS) is 1. The van der Waals surface area contributed by atoms with Gasteiger partial charge in [-0.15, -0.1) is 11.3 Å². The molecule has 1 heterocycles. The topological polar surface area (TPSA) is 83.5 Å². The Morgan fingerprint density at radius 1 is 1.29 bits per heavy atom. The molecule has 0 aliphatic heterocycles. The molecule has 0 radical (unpaired) electrons. The first-order valence-electron chi connectivity index (χ1n) is 5.83. The van der Waals surface area contributed by atoms with Crippen molar-refractivity contribution >= 4 is 33.0 Å². The Balaban J connectivity index is 2.35. The fourth-order valence-corrected chi connectivity index (χ4v) is 4.18. The lowest BCUT2D eigenvalue weighted by molar-refractivity contribution is 0.0696. The molecule has 0 spiro atoms. The number of halogens is 1. The lowest BCUT2D eigenvalue weighted by Crippen LogP contribution is -2.13. The van der Waals surface area contributed by atoms with E-state index in [9.17, 15) is 17.6 Å². The summed E-state index contributed by atoms with van der Waals surface area (Å²) < 4.78 is 40.3. The molecule has 0 saturated carbocycles. The average Bonchev–Trinajstić information content (AvgIpc) is 2.72. The first-order chi connectivity index (χ1) is 9.70. The Hall–Kier alpha value is -1.93. The number of carbonyl (C=O) groups is 1. The first kappa shape index (κ1) is 15.5. The van der Waals surface area contributed by atoms with E-state index >= 15 is 0 Å². The molecule has 0 amide bonds. The molecule has 0 aliphatic carbocycles. The first-order valence-corrected chi connectivity index (χ1v) is 8.13. The predicted molar refractivity (Wildman–Crippen MR) is 78.0 cm³/mol. The van der Waals surface area contributed by atoms with Crippen LogP contribution < -0.4 is 4.72 Å². The molecule has 112 valence electrons. The summed E-state index contributed by atoms with van der Waals surface area (Å²) in [6, 6.07) is 4.49. The predicted octanol–water partition coefficient (Wildman–Crippen LogP) is 3.00. The van der Waals surface area contributed by atoms with E-state index in [-0.39, 0.29) is 15.5 Å². The zero-order valence-corrected chi connectivity index (χ0v) is 12.8. The minimum Gasteiger partial charge on any atom is -0.478 e. The number of hydrogen-bond donors (Lipinski definition) is 2. The number of nitrogens with one attached hydrogen (secondary N) is 1. The number of rotatable bonds is 4. The van der Waals surface area contributed by atoms with Crippen molar-refractivity contribution in [1.82, 2.24) is 0 Å². The summed E-state index contributed by atoms with van der Waals surface area (Å²) in [5.41, 5.74) is 0.295. The normalized spacial score (nSPS) is 11.4. The van der Waals surface area contributed by atoms with Gasteiger partial charge in [0, 0.05) is 4.88 Å². The van der Waals surface area contributed by atoms with E-state index in [0.717, 1.165) is 40.0 Å². The monoisotopic (exact) mass is 329 g/mol. The zero-order chi connectivity index (χ0) is 15.8. The molecule has 0 saturated heterocycles. The highest BCUT2D eigenvalue weighted by Crippen LogP contribution is 2.27. The van der Waals surface area contributed by atoms with Gasteiger partial charge >= 0.3 is 5.97 Å². The summed E-state index contributed by atoms with van der Waals surface area (Å²) in [6.45, 7) is 3.58. The highest BCUT2D eigenvalue weighted by Gasteiger charge is 2.20. The van der Waals surface area contributed by atoms with Gasteiger partial charge in [0.2, 0.25) is 0 Å². The number of hydrogen-bond acceptors (Lipinski definition) is 4. The van der Waals surface area contributed by atoms with Crippen LogP contribution in [0, 0.1) is 19.7 Å². The van der Waals surface area contributed by atoms with Gasteiger partial charge in [-0.2, -0.15) is 0 Å². The number of thiophene rings is 1. The van der Waals surface area contributed by atoms with Crippen molar-refractivity contribution in [2.24, 2.45) is 0 Å². The summed E-state index contributed by atoms with van der Waals surface area (Å²) >= 11 is 1.09. The van der Waals surface area contributed by atoms with Crippen molar-refractivity contribution < 1.29 is 22.7 Å². The van der Waals surface area contributed by atoms with Gasteiger partial charge in [0.05, 0.1) is 11.3 Å². The number of aryl methyl sites for hydroxylation is 2. The summed E-state index contributed by atoms with van der Waals surface area (Å²) in [7, 11) is -3.89. The maximum Gasteiger partial charge on any atom is 0.335 e. The number of aromatic carboxylic acids is 1. The molecule has 2 aromatic rings. The SMILES string of the molecule is Cc1cc(S(=O)(=O)Nc2ccc(C(=O)O)cc2F)sc1C. The highest BCUT2D eigenvalue weighted by molar-refractivity contribution is 7.94. The van der Waals surface area contributed by atoms with E-state index in [4.69, 9.17) is 5.11 Å². The van der Waals surface area contributed by atoms with Crippen LogP contribution in [0.25, 0.3) is 0 Å². The third-order valence-corrected chi connectivity index (χ3v) is 5.86. The summed E-state index contributed by atoms with van der Waals surface area (Å²) in [5, 5.41) is 8.74. The Morgan fingerprint density at radius 3 is 2.43 bits per heavy atom. The number of benzene rings is 1. The average molecular weight is 329 g/mol.